The van der Waals surface area contributed by atoms with Gasteiger partial charge in [-0.2, -0.15) is 0 Å². The highest BCUT2D eigenvalue weighted by Gasteiger charge is 2.22. The summed E-state index contributed by atoms with van der Waals surface area (Å²) in [6.07, 6.45) is 0.357. The van der Waals surface area contributed by atoms with Gasteiger partial charge in [-0.25, -0.2) is 9.78 Å². The molecule has 1 aromatic carbocycles. The van der Waals surface area contributed by atoms with E-state index >= 15 is 0 Å². The van der Waals surface area contributed by atoms with Crippen molar-refractivity contribution in [3.8, 4) is 11.5 Å². The Labute approximate surface area is 149 Å². The molecule has 0 radical (unpaired) electrons. The summed E-state index contributed by atoms with van der Waals surface area (Å²) >= 11 is 5.73. The fourth-order valence-electron chi connectivity index (χ4n) is 1.93. The Morgan fingerprint density at radius 1 is 1.16 bits per heavy atom. The summed E-state index contributed by atoms with van der Waals surface area (Å²) in [5.74, 6) is -0.142. The van der Waals surface area contributed by atoms with Crippen LogP contribution in [0.2, 0.25) is 5.02 Å². The van der Waals surface area contributed by atoms with Crippen molar-refractivity contribution < 1.29 is 23.8 Å². The molecule has 1 amide bonds. The van der Waals surface area contributed by atoms with Gasteiger partial charge in [-0.15, -0.1) is 0 Å². The van der Waals surface area contributed by atoms with Gasteiger partial charge in [0.15, 0.2) is 6.10 Å². The van der Waals surface area contributed by atoms with Gasteiger partial charge in [-0.3, -0.25) is 4.79 Å². The monoisotopic (exact) mass is 364 g/mol. The second kappa shape index (κ2) is 8.34. The molecule has 132 valence electrons. The predicted molar refractivity (Wildman–Crippen MR) is 92.3 cm³/mol. The first-order chi connectivity index (χ1) is 11.9. The van der Waals surface area contributed by atoms with Crippen LogP contribution in [-0.4, -0.2) is 37.2 Å². The number of carbonyl (C=O) groups is 2. The number of esters is 1. The molecule has 0 aliphatic rings. The zero-order chi connectivity index (χ0) is 18.4. The molecule has 2 rings (SSSR count). The fraction of sp³-hybridized carbons (Fsp3) is 0.235. The van der Waals surface area contributed by atoms with E-state index in [1.165, 1.54) is 33.4 Å². The number of carbonyl (C=O) groups excluding carboxylic acids is 2. The first-order valence-corrected chi connectivity index (χ1v) is 7.67. The number of rotatable bonds is 6. The maximum atomic E-state index is 12.3. The Morgan fingerprint density at radius 3 is 2.52 bits per heavy atom. The van der Waals surface area contributed by atoms with Crippen LogP contribution in [0.25, 0.3) is 0 Å². The topological polar surface area (TPSA) is 86.8 Å². The molecule has 0 aliphatic heterocycles. The van der Waals surface area contributed by atoms with Crippen molar-refractivity contribution in [1.82, 2.24) is 4.98 Å². The summed E-state index contributed by atoms with van der Waals surface area (Å²) < 4.78 is 15.4. The largest absolute Gasteiger partial charge is 0.497 e. The van der Waals surface area contributed by atoms with E-state index < -0.39 is 18.0 Å². The third-order valence-corrected chi connectivity index (χ3v) is 3.48. The van der Waals surface area contributed by atoms with Crippen LogP contribution in [0.15, 0.2) is 36.5 Å². The quantitative estimate of drug-likeness (QED) is 0.793. The molecule has 25 heavy (non-hydrogen) atoms. The molecule has 2 aromatic rings. The molecule has 0 bridgehead atoms. The molecule has 1 N–H and O–H groups in total. The lowest BCUT2D eigenvalue weighted by atomic mass is 10.2. The highest BCUT2D eigenvalue weighted by Crippen LogP contribution is 2.25. The number of ether oxygens (including phenoxy) is 3. The van der Waals surface area contributed by atoms with E-state index in [9.17, 15) is 9.59 Å². The number of hydrogen-bond acceptors (Lipinski definition) is 6. The van der Waals surface area contributed by atoms with Crippen LogP contribution in [0.1, 0.15) is 17.3 Å². The molecule has 1 atom stereocenters. The molecule has 0 saturated carbocycles. The van der Waals surface area contributed by atoms with Crippen molar-refractivity contribution in [3.05, 3.63) is 47.1 Å². The fourth-order valence-corrected chi connectivity index (χ4v) is 2.04. The molecule has 1 aromatic heterocycles. The number of methoxy groups -OCH3 is 2. The minimum absolute atomic E-state index is 0.158. The van der Waals surface area contributed by atoms with Gasteiger partial charge in [0.2, 0.25) is 0 Å². The first-order valence-electron chi connectivity index (χ1n) is 7.30. The molecule has 8 heteroatoms. The second-order valence-corrected chi connectivity index (χ2v) is 5.40. The molecule has 0 fully saturated rings. The number of pyridine rings is 1. The number of benzene rings is 1. The van der Waals surface area contributed by atoms with Gasteiger partial charge in [-0.05, 0) is 37.3 Å². The summed E-state index contributed by atoms with van der Waals surface area (Å²) in [6.45, 7) is 1.45. The molecular formula is C17H17ClN2O5. The Bertz CT molecular complexity index is 764. The summed E-state index contributed by atoms with van der Waals surface area (Å²) in [4.78, 5) is 28.4. The van der Waals surface area contributed by atoms with Crippen LogP contribution in [0.5, 0.6) is 11.5 Å². The minimum Gasteiger partial charge on any atom is -0.497 e. The van der Waals surface area contributed by atoms with Crippen LogP contribution in [0.4, 0.5) is 5.82 Å². The number of halogens is 1. The van der Waals surface area contributed by atoms with Gasteiger partial charge < -0.3 is 19.5 Å². The normalized spacial score (nSPS) is 11.4. The van der Waals surface area contributed by atoms with Gasteiger partial charge in [0.1, 0.15) is 22.9 Å². The molecule has 0 saturated heterocycles. The van der Waals surface area contributed by atoms with E-state index in [0.717, 1.165) is 0 Å². The third-order valence-electron chi connectivity index (χ3n) is 3.26. The highest BCUT2D eigenvalue weighted by atomic mass is 35.5. The molecule has 1 heterocycles. The number of anilines is 1. The number of amides is 1. The van der Waals surface area contributed by atoms with Gasteiger partial charge in [0, 0.05) is 6.20 Å². The first kappa shape index (κ1) is 18.5. The number of hydrogen-bond donors (Lipinski definition) is 1. The molecular weight excluding hydrogens is 348 g/mol. The van der Waals surface area contributed by atoms with E-state index in [0.29, 0.717) is 22.3 Å². The van der Waals surface area contributed by atoms with Crippen molar-refractivity contribution in [2.75, 3.05) is 19.5 Å². The average Bonchev–Trinajstić information content (AvgIpc) is 2.62. The predicted octanol–water partition coefficient (Wildman–Crippen LogP) is 2.94. The molecule has 0 spiro atoms. The average molecular weight is 365 g/mol. The third kappa shape index (κ3) is 4.84. The Balaban J connectivity index is 2.06. The van der Waals surface area contributed by atoms with Crippen molar-refractivity contribution in [1.29, 1.82) is 0 Å². The maximum Gasteiger partial charge on any atom is 0.342 e. The van der Waals surface area contributed by atoms with E-state index in [-0.39, 0.29) is 5.56 Å². The maximum absolute atomic E-state index is 12.3. The molecule has 7 nitrogen and oxygen atoms in total. The number of aromatic nitrogens is 1. The Hall–Kier alpha value is -2.80. The Morgan fingerprint density at radius 2 is 1.92 bits per heavy atom. The van der Waals surface area contributed by atoms with Gasteiger partial charge in [0.25, 0.3) is 5.91 Å². The van der Waals surface area contributed by atoms with E-state index in [4.69, 9.17) is 25.8 Å². The highest BCUT2D eigenvalue weighted by molar-refractivity contribution is 6.30. The zero-order valence-electron chi connectivity index (χ0n) is 13.9. The van der Waals surface area contributed by atoms with Gasteiger partial charge in [0.05, 0.1) is 19.2 Å². The lowest BCUT2D eigenvalue weighted by Crippen LogP contribution is -2.30. The molecule has 0 aliphatic carbocycles. The summed E-state index contributed by atoms with van der Waals surface area (Å²) in [7, 11) is 2.91. The van der Waals surface area contributed by atoms with E-state index in [1.54, 1.807) is 24.3 Å². The zero-order valence-corrected chi connectivity index (χ0v) is 14.7. The lowest BCUT2D eigenvalue weighted by molar-refractivity contribution is -0.123. The van der Waals surface area contributed by atoms with Crippen LogP contribution in [-0.2, 0) is 9.53 Å². The van der Waals surface area contributed by atoms with Crippen LogP contribution < -0.4 is 14.8 Å². The number of nitrogens with zero attached hydrogens (tertiary/aromatic N) is 1. The summed E-state index contributed by atoms with van der Waals surface area (Å²) in [5.41, 5.74) is 0.158. The second-order valence-electron chi connectivity index (χ2n) is 4.96. The van der Waals surface area contributed by atoms with E-state index in [2.05, 4.69) is 10.3 Å². The minimum atomic E-state index is -1.04. The van der Waals surface area contributed by atoms with Crippen molar-refractivity contribution >= 4 is 29.3 Å². The smallest absolute Gasteiger partial charge is 0.342 e. The van der Waals surface area contributed by atoms with Crippen molar-refractivity contribution in [2.45, 2.75) is 13.0 Å². The summed E-state index contributed by atoms with van der Waals surface area (Å²) in [5, 5.41) is 2.98. The van der Waals surface area contributed by atoms with Crippen molar-refractivity contribution in [2.24, 2.45) is 0 Å². The van der Waals surface area contributed by atoms with Crippen molar-refractivity contribution in [3.63, 3.8) is 0 Å². The van der Waals surface area contributed by atoms with Gasteiger partial charge in [-0.1, -0.05) is 11.6 Å². The van der Waals surface area contributed by atoms with Crippen LogP contribution in [0, 0.1) is 0 Å². The summed E-state index contributed by atoms with van der Waals surface area (Å²) in [6, 6.07) is 7.84. The Kier molecular flexibility index (Phi) is 6.19. The van der Waals surface area contributed by atoms with Gasteiger partial charge >= 0.3 is 5.97 Å². The van der Waals surface area contributed by atoms with Crippen LogP contribution >= 0.6 is 11.6 Å². The van der Waals surface area contributed by atoms with Crippen LogP contribution in [0.3, 0.4) is 0 Å². The SMILES string of the molecule is COc1ccc(OC)c(C(=O)O[C@@H](C)C(=O)Nc2ccc(Cl)cn2)c1. The standard InChI is InChI=1S/C17H17ClN2O5/c1-10(16(21)20-15-7-4-11(18)9-19-15)25-17(22)13-8-12(23-2)5-6-14(13)24-3/h4-10H,1-3H3,(H,19,20,21)/t10-/m0/s1. The van der Waals surface area contributed by atoms with E-state index in [1.807, 2.05) is 0 Å². The lowest BCUT2D eigenvalue weighted by Gasteiger charge is -2.15. The number of nitrogens with one attached hydrogen (secondary N) is 1. The molecule has 0 unspecified atom stereocenters.